The van der Waals surface area contributed by atoms with Gasteiger partial charge in [0.05, 0.1) is 0 Å². The highest BCUT2D eigenvalue weighted by Crippen LogP contribution is 2.04. The van der Waals surface area contributed by atoms with Crippen molar-refractivity contribution in [3.05, 3.63) is 12.7 Å². The van der Waals surface area contributed by atoms with Crippen LogP contribution in [0.5, 0.6) is 0 Å². The molecule has 0 aromatic rings. The second-order valence-electron chi connectivity index (χ2n) is 2.87. The maximum Gasteiger partial charge on any atom is 0.320 e. The molecule has 0 aliphatic heterocycles. The average Bonchev–Trinajstić information content (AvgIpc) is 2.03. The summed E-state index contributed by atoms with van der Waals surface area (Å²) in [6, 6.07) is -0.686. The molecule has 0 aliphatic carbocycles. The molecule has 0 saturated carbocycles. The standard InChI is InChI=1S/C9H17NO2/c1-2-3-4-5-6-7-8(10)9(11)12/h2,8H,1,3-7,10H2,(H,11,12)/t8-/m1/s1. The summed E-state index contributed by atoms with van der Waals surface area (Å²) in [5, 5.41) is 8.44. The van der Waals surface area contributed by atoms with Gasteiger partial charge in [-0.25, -0.2) is 0 Å². The molecule has 0 radical (unpaired) electrons. The maximum atomic E-state index is 10.3. The zero-order valence-corrected chi connectivity index (χ0v) is 7.33. The van der Waals surface area contributed by atoms with E-state index in [4.69, 9.17) is 10.8 Å². The molecule has 0 heterocycles. The fourth-order valence-electron chi connectivity index (χ4n) is 0.953. The predicted molar refractivity (Wildman–Crippen MR) is 48.9 cm³/mol. The first-order chi connectivity index (χ1) is 5.68. The van der Waals surface area contributed by atoms with Gasteiger partial charge in [-0.1, -0.05) is 18.9 Å². The lowest BCUT2D eigenvalue weighted by Crippen LogP contribution is -2.29. The van der Waals surface area contributed by atoms with Gasteiger partial charge in [0.25, 0.3) is 0 Å². The molecule has 3 nitrogen and oxygen atoms in total. The summed E-state index contributed by atoms with van der Waals surface area (Å²) in [6.45, 7) is 3.60. The van der Waals surface area contributed by atoms with Crippen LogP contribution in [-0.4, -0.2) is 17.1 Å². The number of hydrogen-bond acceptors (Lipinski definition) is 2. The smallest absolute Gasteiger partial charge is 0.320 e. The zero-order valence-electron chi connectivity index (χ0n) is 7.33. The van der Waals surface area contributed by atoms with Gasteiger partial charge in [0, 0.05) is 0 Å². The van der Waals surface area contributed by atoms with Gasteiger partial charge in [-0.2, -0.15) is 0 Å². The van der Waals surface area contributed by atoms with Crippen LogP contribution < -0.4 is 5.73 Å². The van der Waals surface area contributed by atoms with Crippen LogP contribution in [0.4, 0.5) is 0 Å². The van der Waals surface area contributed by atoms with Crippen molar-refractivity contribution in [1.29, 1.82) is 0 Å². The van der Waals surface area contributed by atoms with Gasteiger partial charge in [0.15, 0.2) is 0 Å². The molecule has 0 spiro atoms. The summed E-state index contributed by atoms with van der Waals surface area (Å²) < 4.78 is 0. The third-order valence-corrected chi connectivity index (χ3v) is 1.74. The first kappa shape index (κ1) is 11.2. The first-order valence-corrected chi connectivity index (χ1v) is 4.27. The number of carboxylic acid groups (broad SMARTS) is 1. The Balaban J connectivity index is 3.19. The number of allylic oxidation sites excluding steroid dienone is 1. The van der Waals surface area contributed by atoms with Crippen molar-refractivity contribution in [3.63, 3.8) is 0 Å². The number of nitrogens with two attached hydrogens (primary N) is 1. The van der Waals surface area contributed by atoms with E-state index in [2.05, 4.69) is 6.58 Å². The van der Waals surface area contributed by atoms with Crippen molar-refractivity contribution in [2.45, 2.75) is 38.1 Å². The monoisotopic (exact) mass is 171 g/mol. The molecule has 0 aliphatic rings. The fourth-order valence-corrected chi connectivity index (χ4v) is 0.953. The van der Waals surface area contributed by atoms with E-state index >= 15 is 0 Å². The van der Waals surface area contributed by atoms with Crippen LogP contribution in [0.25, 0.3) is 0 Å². The highest BCUT2D eigenvalue weighted by atomic mass is 16.4. The van der Waals surface area contributed by atoms with Gasteiger partial charge in [0.2, 0.25) is 0 Å². The van der Waals surface area contributed by atoms with Gasteiger partial charge in [-0.05, 0) is 19.3 Å². The van der Waals surface area contributed by atoms with E-state index in [1.54, 1.807) is 0 Å². The number of carboxylic acids is 1. The van der Waals surface area contributed by atoms with Crippen molar-refractivity contribution in [2.75, 3.05) is 0 Å². The lowest BCUT2D eigenvalue weighted by Gasteiger charge is -2.04. The third-order valence-electron chi connectivity index (χ3n) is 1.74. The van der Waals surface area contributed by atoms with Crippen LogP contribution in [-0.2, 0) is 4.79 Å². The summed E-state index contributed by atoms with van der Waals surface area (Å²) in [4.78, 5) is 10.3. The molecule has 70 valence electrons. The molecule has 1 atom stereocenters. The highest BCUT2D eigenvalue weighted by molar-refractivity contribution is 5.72. The van der Waals surface area contributed by atoms with Gasteiger partial charge in [0.1, 0.15) is 6.04 Å². The summed E-state index contributed by atoms with van der Waals surface area (Å²) >= 11 is 0. The number of aliphatic carboxylic acids is 1. The van der Waals surface area contributed by atoms with E-state index in [1.165, 1.54) is 0 Å². The minimum atomic E-state index is -0.904. The van der Waals surface area contributed by atoms with E-state index in [0.717, 1.165) is 25.7 Å². The molecule has 0 amide bonds. The molecular formula is C9H17NO2. The van der Waals surface area contributed by atoms with Crippen LogP contribution in [0.2, 0.25) is 0 Å². The summed E-state index contributed by atoms with van der Waals surface area (Å²) in [5.41, 5.74) is 5.31. The van der Waals surface area contributed by atoms with Gasteiger partial charge in [-0.3, -0.25) is 4.79 Å². The SMILES string of the molecule is C=CCCCCC[C@@H](N)C(=O)O. The Bertz CT molecular complexity index is 145. The third kappa shape index (κ3) is 5.92. The molecule has 3 heteroatoms. The molecule has 0 unspecified atom stereocenters. The number of carbonyl (C=O) groups is 1. The molecule has 0 aromatic carbocycles. The zero-order chi connectivity index (χ0) is 9.40. The average molecular weight is 171 g/mol. The van der Waals surface area contributed by atoms with Crippen molar-refractivity contribution in [2.24, 2.45) is 5.73 Å². The highest BCUT2D eigenvalue weighted by Gasteiger charge is 2.09. The van der Waals surface area contributed by atoms with Crippen LogP contribution in [0.1, 0.15) is 32.1 Å². The summed E-state index contributed by atoms with van der Waals surface area (Å²) in [5.74, 6) is -0.904. The quantitative estimate of drug-likeness (QED) is 0.451. The minimum absolute atomic E-state index is 0.576. The largest absolute Gasteiger partial charge is 0.480 e. The normalized spacial score (nSPS) is 12.4. The predicted octanol–water partition coefficient (Wildman–Crippen LogP) is 1.53. The molecular weight excluding hydrogens is 154 g/mol. The minimum Gasteiger partial charge on any atom is -0.480 e. The number of unbranched alkanes of at least 4 members (excludes halogenated alkanes) is 3. The molecule has 0 fully saturated rings. The molecule has 12 heavy (non-hydrogen) atoms. The van der Waals surface area contributed by atoms with E-state index in [9.17, 15) is 4.79 Å². The Morgan fingerprint density at radius 3 is 2.67 bits per heavy atom. The van der Waals surface area contributed by atoms with Gasteiger partial charge in [-0.15, -0.1) is 6.58 Å². The summed E-state index contributed by atoms with van der Waals surface area (Å²) in [7, 11) is 0. The maximum absolute atomic E-state index is 10.3. The molecule has 0 aromatic heterocycles. The fraction of sp³-hybridized carbons (Fsp3) is 0.667. The van der Waals surface area contributed by atoms with Crippen molar-refractivity contribution in [1.82, 2.24) is 0 Å². The van der Waals surface area contributed by atoms with E-state index < -0.39 is 12.0 Å². The van der Waals surface area contributed by atoms with E-state index in [1.807, 2.05) is 6.08 Å². The Kier molecular flexibility index (Phi) is 6.38. The number of hydrogen-bond donors (Lipinski definition) is 2. The lowest BCUT2D eigenvalue weighted by molar-refractivity contribution is -0.138. The molecule has 0 saturated heterocycles. The van der Waals surface area contributed by atoms with Crippen LogP contribution >= 0.6 is 0 Å². The topological polar surface area (TPSA) is 63.3 Å². The van der Waals surface area contributed by atoms with Crippen molar-refractivity contribution >= 4 is 5.97 Å². The van der Waals surface area contributed by atoms with E-state index in [0.29, 0.717) is 6.42 Å². The molecule has 0 rings (SSSR count). The van der Waals surface area contributed by atoms with Crippen LogP contribution in [0.15, 0.2) is 12.7 Å². The Labute approximate surface area is 73.3 Å². The van der Waals surface area contributed by atoms with Gasteiger partial charge < -0.3 is 10.8 Å². The van der Waals surface area contributed by atoms with Crippen LogP contribution in [0.3, 0.4) is 0 Å². The number of rotatable bonds is 7. The first-order valence-electron chi connectivity index (χ1n) is 4.27. The lowest BCUT2D eigenvalue weighted by atomic mass is 10.1. The van der Waals surface area contributed by atoms with Crippen molar-refractivity contribution < 1.29 is 9.90 Å². The van der Waals surface area contributed by atoms with Crippen LogP contribution in [0, 0.1) is 0 Å². The molecule has 0 bridgehead atoms. The Morgan fingerprint density at radius 1 is 1.50 bits per heavy atom. The summed E-state index contributed by atoms with van der Waals surface area (Å²) in [6.07, 6.45) is 6.45. The Hall–Kier alpha value is -0.830. The Morgan fingerprint density at radius 2 is 2.17 bits per heavy atom. The molecule has 3 N–H and O–H groups in total. The van der Waals surface area contributed by atoms with Crippen molar-refractivity contribution in [3.8, 4) is 0 Å². The second kappa shape index (κ2) is 6.85. The second-order valence-corrected chi connectivity index (χ2v) is 2.87. The van der Waals surface area contributed by atoms with Gasteiger partial charge >= 0.3 is 5.97 Å². The van der Waals surface area contributed by atoms with E-state index in [-0.39, 0.29) is 0 Å².